The van der Waals surface area contributed by atoms with Crippen molar-refractivity contribution in [3.63, 3.8) is 0 Å². The Morgan fingerprint density at radius 2 is 1.32 bits per heavy atom. The summed E-state index contributed by atoms with van der Waals surface area (Å²) in [4.78, 5) is 13.0. The quantitative estimate of drug-likeness (QED) is 0.274. The van der Waals surface area contributed by atoms with Crippen LogP contribution < -0.4 is 21.7 Å². The zero-order chi connectivity index (χ0) is 18.5. The van der Waals surface area contributed by atoms with Crippen molar-refractivity contribution < 1.29 is 13.3 Å². The Kier molecular flexibility index (Phi) is 10.3. The molecule has 0 atom stereocenters. The molecule has 0 bridgehead atoms. The summed E-state index contributed by atoms with van der Waals surface area (Å²) in [6.45, 7) is 4.64. The molecule has 0 fully saturated rings. The van der Waals surface area contributed by atoms with Gasteiger partial charge in [-0.25, -0.2) is 0 Å². The first-order valence-corrected chi connectivity index (χ1v) is 10.4. The maximum Gasteiger partial charge on any atom is 0.500 e. The van der Waals surface area contributed by atoms with Crippen molar-refractivity contribution in [3.8, 4) is 0 Å². The summed E-state index contributed by atoms with van der Waals surface area (Å²) in [5.41, 5.74) is 5.51. The summed E-state index contributed by atoms with van der Waals surface area (Å²) in [5.74, 6) is 1.54. The predicted octanol–water partition coefficient (Wildman–Crippen LogP) is 0.744. The minimum Gasteiger partial charge on any atom is -0.377 e. The normalized spacial score (nSPS) is 11.4. The van der Waals surface area contributed by atoms with Gasteiger partial charge in [-0.1, -0.05) is 6.92 Å². The molecule has 0 radical (unpaired) electrons. The number of nitrogens with zero attached hydrogens (tertiary/aromatic N) is 3. The lowest BCUT2D eigenvalue weighted by molar-refractivity contribution is 0.123. The van der Waals surface area contributed by atoms with Gasteiger partial charge in [0.05, 0.1) is 0 Å². The minimum absolute atomic E-state index is 0.496. The molecule has 10 nitrogen and oxygen atoms in total. The lowest BCUT2D eigenvalue weighted by Gasteiger charge is -2.24. The van der Waals surface area contributed by atoms with E-state index in [0.717, 1.165) is 19.4 Å². The number of rotatable bonds is 14. The highest BCUT2D eigenvalue weighted by Crippen LogP contribution is 2.15. The lowest BCUT2D eigenvalue weighted by atomic mass is 10.5. The molecule has 5 N–H and O–H groups in total. The van der Waals surface area contributed by atoms with Gasteiger partial charge in [0.15, 0.2) is 0 Å². The molecule has 1 heterocycles. The Morgan fingerprint density at radius 1 is 0.840 bits per heavy atom. The average Bonchev–Trinajstić information content (AvgIpc) is 2.65. The monoisotopic (exact) mass is 373 g/mol. The second-order valence-corrected chi connectivity index (χ2v) is 8.36. The molecule has 11 heteroatoms. The number of nitrogens with two attached hydrogens (primary N) is 1. The summed E-state index contributed by atoms with van der Waals surface area (Å²) in [6.07, 6.45) is 1.79. The SMILES string of the molecule is CCCNc1nc(NCCN)nc(NCCC[Si](OC)(OC)OC)n1. The summed E-state index contributed by atoms with van der Waals surface area (Å²) in [6, 6.07) is 0.702. The first-order valence-electron chi connectivity index (χ1n) is 8.46. The molecule has 1 aromatic rings. The van der Waals surface area contributed by atoms with Crippen LogP contribution in [0.25, 0.3) is 0 Å². The molecule has 0 saturated carbocycles. The highest BCUT2D eigenvalue weighted by molar-refractivity contribution is 6.60. The molecular weight excluding hydrogens is 342 g/mol. The number of hydrogen-bond acceptors (Lipinski definition) is 10. The summed E-state index contributed by atoms with van der Waals surface area (Å²) < 4.78 is 16.2. The van der Waals surface area contributed by atoms with Crippen molar-refractivity contribution in [2.75, 3.05) is 63.5 Å². The number of anilines is 3. The van der Waals surface area contributed by atoms with Crippen LogP contribution in [0.3, 0.4) is 0 Å². The van der Waals surface area contributed by atoms with Crippen LogP contribution in [0.5, 0.6) is 0 Å². The number of nitrogens with one attached hydrogen (secondary N) is 3. The van der Waals surface area contributed by atoms with Crippen LogP contribution in [0.2, 0.25) is 6.04 Å². The molecule has 0 amide bonds. The smallest absolute Gasteiger partial charge is 0.377 e. The third-order valence-corrected chi connectivity index (χ3v) is 6.30. The van der Waals surface area contributed by atoms with Gasteiger partial charge in [0.2, 0.25) is 17.8 Å². The van der Waals surface area contributed by atoms with Crippen LogP contribution in [-0.2, 0) is 13.3 Å². The van der Waals surface area contributed by atoms with E-state index < -0.39 is 8.80 Å². The van der Waals surface area contributed by atoms with Crippen LogP contribution >= 0.6 is 0 Å². The second-order valence-electron chi connectivity index (χ2n) is 5.27. The van der Waals surface area contributed by atoms with Crippen LogP contribution in [0, 0.1) is 0 Å². The Labute approximate surface area is 150 Å². The van der Waals surface area contributed by atoms with Crippen LogP contribution in [0.4, 0.5) is 17.8 Å². The summed E-state index contributed by atoms with van der Waals surface area (Å²) in [5, 5.41) is 9.45. The predicted molar refractivity (Wildman–Crippen MR) is 101 cm³/mol. The third-order valence-electron chi connectivity index (χ3n) is 3.47. The Morgan fingerprint density at radius 3 is 1.76 bits per heavy atom. The van der Waals surface area contributed by atoms with E-state index in [1.165, 1.54) is 0 Å². The van der Waals surface area contributed by atoms with Gasteiger partial charge in [-0.15, -0.1) is 0 Å². The molecule has 0 aliphatic heterocycles. The van der Waals surface area contributed by atoms with Crippen molar-refractivity contribution in [2.45, 2.75) is 25.8 Å². The standard InChI is InChI=1S/C14H31N7O3Si/c1-5-8-16-12-19-13(21-14(20-12)18-10-7-15)17-9-6-11-25(22-2,23-3)24-4/h5-11,15H2,1-4H3,(H3,16,17,18,19,20,21). The van der Waals surface area contributed by atoms with Gasteiger partial charge in [-0.3, -0.25) is 0 Å². The van der Waals surface area contributed by atoms with Crippen molar-refractivity contribution in [3.05, 3.63) is 0 Å². The Balaban J connectivity index is 2.63. The molecule has 1 aromatic heterocycles. The van der Waals surface area contributed by atoms with E-state index in [1.54, 1.807) is 21.3 Å². The van der Waals surface area contributed by atoms with E-state index in [2.05, 4.69) is 37.8 Å². The van der Waals surface area contributed by atoms with Crippen LogP contribution in [0.15, 0.2) is 0 Å². The summed E-state index contributed by atoms with van der Waals surface area (Å²) >= 11 is 0. The molecule has 0 spiro atoms. The van der Waals surface area contributed by atoms with Gasteiger partial charge in [0, 0.05) is 53.6 Å². The van der Waals surface area contributed by atoms with Crippen molar-refractivity contribution in [1.29, 1.82) is 0 Å². The maximum absolute atomic E-state index is 5.51. The van der Waals surface area contributed by atoms with Crippen molar-refractivity contribution in [2.24, 2.45) is 5.73 Å². The summed E-state index contributed by atoms with van der Waals surface area (Å²) in [7, 11) is 2.29. The zero-order valence-electron chi connectivity index (χ0n) is 15.6. The van der Waals surface area contributed by atoms with E-state index in [4.69, 9.17) is 19.0 Å². The molecule has 144 valence electrons. The van der Waals surface area contributed by atoms with Gasteiger partial charge in [0.25, 0.3) is 0 Å². The number of aromatic nitrogens is 3. The number of hydrogen-bond donors (Lipinski definition) is 4. The molecule has 0 aliphatic rings. The fourth-order valence-electron chi connectivity index (χ4n) is 2.10. The molecule has 1 rings (SSSR count). The Hall–Kier alpha value is -1.53. The molecule has 0 aliphatic carbocycles. The highest BCUT2D eigenvalue weighted by atomic mass is 28.4. The van der Waals surface area contributed by atoms with Crippen molar-refractivity contribution in [1.82, 2.24) is 15.0 Å². The third kappa shape index (κ3) is 7.48. The molecule has 0 aromatic carbocycles. The lowest BCUT2D eigenvalue weighted by Crippen LogP contribution is -2.42. The Bertz CT molecular complexity index is 457. The fourth-order valence-corrected chi connectivity index (χ4v) is 3.82. The van der Waals surface area contributed by atoms with E-state index in [1.807, 2.05) is 0 Å². The fraction of sp³-hybridized carbons (Fsp3) is 0.786. The van der Waals surface area contributed by atoms with Crippen LogP contribution in [0.1, 0.15) is 19.8 Å². The van der Waals surface area contributed by atoms with E-state index in [0.29, 0.717) is 43.5 Å². The molecule has 0 saturated heterocycles. The molecular formula is C14H31N7O3Si. The first kappa shape index (κ1) is 21.5. The van der Waals surface area contributed by atoms with E-state index in [-0.39, 0.29) is 0 Å². The largest absolute Gasteiger partial charge is 0.500 e. The van der Waals surface area contributed by atoms with E-state index >= 15 is 0 Å². The minimum atomic E-state index is -2.54. The zero-order valence-corrected chi connectivity index (χ0v) is 16.6. The van der Waals surface area contributed by atoms with Gasteiger partial charge >= 0.3 is 8.80 Å². The first-order chi connectivity index (χ1) is 12.1. The van der Waals surface area contributed by atoms with E-state index in [9.17, 15) is 0 Å². The van der Waals surface area contributed by atoms with Crippen molar-refractivity contribution >= 4 is 26.6 Å². The van der Waals surface area contributed by atoms with Gasteiger partial charge in [-0.05, 0) is 12.8 Å². The average molecular weight is 374 g/mol. The van der Waals surface area contributed by atoms with Gasteiger partial charge in [-0.2, -0.15) is 15.0 Å². The van der Waals surface area contributed by atoms with Crippen LogP contribution in [-0.4, -0.2) is 71.3 Å². The second kappa shape index (κ2) is 11.9. The molecule has 0 unspecified atom stereocenters. The topological polar surface area (TPSA) is 128 Å². The molecule has 25 heavy (non-hydrogen) atoms. The van der Waals surface area contributed by atoms with Gasteiger partial charge in [0.1, 0.15) is 0 Å². The highest BCUT2D eigenvalue weighted by Gasteiger charge is 2.36. The van der Waals surface area contributed by atoms with Gasteiger partial charge < -0.3 is 35.0 Å². The maximum atomic E-state index is 5.51.